The SMILES string of the molecule is CC(=O)N(C(N)=O)C1CC1. The number of urea groups is 1. The number of carbonyl (C=O) groups is 2. The van der Waals surface area contributed by atoms with Crippen molar-refractivity contribution >= 4 is 11.9 Å². The molecule has 10 heavy (non-hydrogen) atoms. The van der Waals surface area contributed by atoms with Gasteiger partial charge in [-0.2, -0.15) is 0 Å². The van der Waals surface area contributed by atoms with E-state index in [-0.39, 0.29) is 11.9 Å². The molecule has 0 saturated heterocycles. The number of nitrogens with zero attached hydrogens (tertiary/aromatic N) is 1. The zero-order valence-electron chi connectivity index (χ0n) is 5.83. The van der Waals surface area contributed by atoms with Crippen LogP contribution < -0.4 is 5.73 Å². The molecule has 2 N–H and O–H groups in total. The quantitative estimate of drug-likeness (QED) is 0.563. The van der Waals surface area contributed by atoms with Crippen molar-refractivity contribution in [3.05, 3.63) is 0 Å². The lowest BCUT2D eigenvalue weighted by molar-refractivity contribution is -0.126. The van der Waals surface area contributed by atoms with E-state index in [1.54, 1.807) is 0 Å². The molecule has 0 aromatic rings. The fraction of sp³-hybridized carbons (Fsp3) is 0.667. The summed E-state index contributed by atoms with van der Waals surface area (Å²) in [4.78, 5) is 22.4. The molecule has 3 amide bonds. The summed E-state index contributed by atoms with van der Waals surface area (Å²) in [5.74, 6) is -0.255. The van der Waals surface area contributed by atoms with E-state index in [1.807, 2.05) is 0 Å². The van der Waals surface area contributed by atoms with Gasteiger partial charge in [0.25, 0.3) is 0 Å². The van der Waals surface area contributed by atoms with Gasteiger partial charge in [-0.15, -0.1) is 0 Å². The molecule has 0 bridgehead atoms. The summed E-state index contributed by atoms with van der Waals surface area (Å²) >= 11 is 0. The number of carbonyl (C=O) groups excluding carboxylic acids is 2. The second-order valence-corrected chi connectivity index (χ2v) is 2.46. The molecule has 0 aromatic heterocycles. The molecule has 0 unspecified atom stereocenters. The lowest BCUT2D eigenvalue weighted by Crippen LogP contribution is -2.40. The van der Waals surface area contributed by atoms with Gasteiger partial charge in [-0.25, -0.2) is 4.79 Å². The highest BCUT2D eigenvalue weighted by Gasteiger charge is 2.33. The van der Waals surface area contributed by atoms with Crippen LogP contribution in [0.5, 0.6) is 0 Å². The van der Waals surface area contributed by atoms with Crippen molar-refractivity contribution in [2.75, 3.05) is 0 Å². The minimum absolute atomic E-state index is 0.0926. The smallest absolute Gasteiger partial charge is 0.321 e. The molecule has 0 heterocycles. The molecule has 0 aromatic carbocycles. The first-order chi connectivity index (χ1) is 4.63. The van der Waals surface area contributed by atoms with Crippen molar-refractivity contribution in [1.82, 2.24) is 4.90 Å². The van der Waals surface area contributed by atoms with Gasteiger partial charge in [0.15, 0.2) is 0 Å². The fourth-order valence-electron chi connectivity index (χ4n) is 0.925. The highest BCUT2D eigenvalue weighted by atomic mass is 16.2. The first kappa shape index (κ1) is 7.05. The maximum absolute atomic E-state index is 10.7. The average molecular weight is 142 g/mol. The third-order valence-electron chi connectivity index (χ3n) is 1.49. The summed E-state index contributed by atoms with van der Waals surface area (Å²) in [7, 11) is 0. The maximum atomic E-state index is 10.7. The van der Waals surface area contributed by atoms with Gasteiger partial charge in [-0.3, -0.25) is 9.69 Å². The van der Waals surface area contributed by atoms with E-state index < -0.39 is 6.03 Å². The van der Waals surface area contributed by atoms with Crippen molar-refractivity contribution in [1.29, 1.82) is 0 Å². The van der Waals surface area contributed by atoms with Crippen LogP contribution in [-0.4, -0.2) is 22.9 Å². The van der Waals surface area contributed by atoms with E-state index in [0.29, 0.717) is 0 Å². The van der Waals surface area contributed by atoms with E-state index in [2.05, 4.69) is 0 Å². The summed E-state index contributed by atoms with van der Waals surface area (Å²) in [6.45, 7) is 1.35. The van der Waals surface area contributed by atoms with E-state index in [4.69, 9.17) is 5.73 Å². The predicted octanol–water partition coefficient (Wildman–Crippen LogP) is 0.0760. The Morgan fingerprint density at radius 2 is 2.00 bits per heavy atom. The molecule has 0 atom stereocenters. The lowest BCUT2D eigenvalue weighted by atomic mass is 10.5. The van der Waals surface area contributed by atoms with Gasteiger partial charge in [0.05, 0.1) is 0 Å². The Labute approximate surface area is 59.0 Å². The molecule has 4 nitrogen and oxygen atoms in total. The van der Waals surface area contributed by atoms with Gasteiger partial charge in [0.1, 0.15) is 0 Å². The van der Waals surface area contributed by atoms with Crippen LogP contribution in [0.25, 0.3) is 0 Å². The molecule has 0 aliphatic heterocycles. The minimum Gasteiger partial charge on any atom is -0.351 e. The molecule has 1 aliphatic rings. The number of primary amides is 1. The van der Waals surface area contributed by atoms with Gasteiger partial charge in [0, 0.05) is 13.0 Å². The van der Waals surface area contributed by atoms with Gasteiger partial charge in [-0.05, 0) is 12.8 Å². The average Bonchev–Trinajstić information content (AvgIpc) is 2.46. The lowest BCUT2D eigenvalue weighted by Gasteiger charge is -2.14. The Morgan fingerprint density at radius 3 is 2.10 bits per heavy atom. The van der Waals surface area contributed by atoms with Gasteiger partial charge in [-0.1, -0.05) is 0 Å². The van der Waals surface area contributed by atoms with Gasteiger partial charge in [0.2, 0.25) is 5.91 Å². The third-order valence-corrected chi connectivity index (χ3v) is 1.49. The van der Waals surface area contributed by atoms with E-state index in [1.165, 1.54) is 6.92 Å². The van der Waals surface area contributed by atoms with Crippen LogP contribution in [0.4, 0.5) is 4.79 Å². The molecule has 0 radical (unpaired) electrons. The Kier molecular flexibility index (Phi) is 1.61. The van der Waals surface area contributed by atoms with Crippen LogP contribution in [0.15, 0.2) is 0 Å². The second kappa shape index (κ2) is 2.28. The van der Waals surface area contributed by atoms with Crippen molar-refractivity contribution in [3.63, 3.8) is 0 Å². The highest BCUT2D eigenvalue weighted by molar-refractivity contribution is 5.93. The van der Waals surface area contributed by atoms with Crippen molar-refractivity contribution in [2.24, 2.45) is 5.73 Å². The molecule has 1 rings (SSSR count). The largest absolute Gasteiger partial charge is 0.351 e. The molecular formula is C6H10N2O2. The molecule has 1 fully saturated rings. The minimum atomic E-state index is -0.630. The number of nitrogens with two attached hydrogens (primary N) is 1. The number of hydrogen-bond donors (Lipinski definition) is 1. The number of imide groups is 1. The van der Waals surface area contributed by atoms with E-state index in [0.717, 1.165) is 17.7 Å². The topological polar surface area (TPSA) is 63.4 Å². The number of hydrogen-bond acceptors (Lipinski definition) is 2. The third kappa shape index (κ3) is 1.26. The monoisotopic (exact) mass is 142 g/mol. The zero-order valence-corrected chi connectivity index (χ0v) is 5.83. The van der Waals surface area contributed by atoms with Gasteiger partial charge < -0.3 is 5.73 Å². The summed E-state index contributed by atoms with van der Waals surface area (Å²) < 4.78 is 0. The standard InChI is InChI=1S/C6H10N2O2/c1-4(9)8(6(7)10)5-2-3-5/h5H,2-3H2,1H3,(H2,7,10). The summed E-state index contributed by atoms with van der Waals surface area (Å²) in [5, 5.41) is 0. The second-order valence-electron chi connectivity index (χ2n) is 2.46. The Hall–Kier alpha value is -1.06. The van der Waals surface area contributed by atoms with Crippen LogP contribution in [0.2, 0.25) is 0 Å². The van der Waals surface area contributed by atoms with Gasteiger partial charge >= 0.3 is 6.03 Å². The Bertz CT molecular complexity index is 161. The van der Waals surface area contributed by atoms with E-state index >= 15 is 0 Å². The summed E-state index contributed by atoms with van der Waals surface area (Å²) in [6, 6.07) is -0.537. The van der Waals surface area contributed by atoms with Crippen molar-refractivity contribution in [3.8, 4) is 0 Å². The molecule has 1 aliphatic carbocycles. The van der Waals surface area contributed by atoms with Crippen molar-refractivity contribution in [2.45, 2.75) is 25.8 Å². The molecule has 0 spiro atoms. The van der Waals surface area contributed by atoms with Crippen LogP contribution in [0, 0.1) is 0 Å². The van der Waals surface area contributed by atoms with Crippen LogP contribution in [0.3, 0.4) is 0 Å². The molecular weight excluding hydrogens is 132 g/mol. The summed E-state index contributed by atoms with van der Waals surface area (Å²) in [6.07, 6.45) is 1.81. The van der Waals surface area contributed by atoms with Crippen LogP contribution >= 0.6 is 0 Å². The first-order valence-electron chi connectivity index (χ1n) is 3.22. The fourth-order valence-corrected chi connectivity index (χ4v) is 0.925. The van der Waals surface area contributed by atoms with Crippen LogP contribution in [-0.2, 0) is 4.79 Å². The summed E-state index contributed by atoms with van der Waals surface area (Å²) in [5.41, 5.74) is 4.94. The number of rotatable bonds is 1. The Morgan fingerprint density at radius 1 is 1.50 bits per heavy atom. The first-order valence-corrected chi connectivity index (χ1v) is 3.22. The highest BCUT2D eigenvalue weighted by Crippen LogP contribution is 2.26. The number of amides is 3. The van der Waals surface area contributed by atoms with Crippen molar-refractivity contribution < 1.29 is 9.59 Å². The molecule has 4 heteroatoms. The maximum Gasteiger partial charge on any atom is 0.321 e. The molecule has 1 saturated carbocycles. The zero-order chi connectivity index (χ0) is 7.72. The predicted molar refractivity (Wildman–Crippen MR) is 35.1 cm³/mol. The molecule has 56 valence electrons. The normalized spacial score (nSPS) is 16.5. The van der Waals surface area contributed by atoms with Crippen LogP contribution in [0.1, 0.15) is 19.8 Å². The Balaban J connectivity index is 2.58. The van der Waals surface area contributed by atoms with E-state index in [9.17, 15) is 9.59 Å².